The molecular formula is C27H28F3N3O3. The zero-order chi connectivity index (χ0) is 25.7. The lowest BCUT2D eigenvalue weighted by molar-refractivity contribution is -0.148. The lowest BCUT2D eigenvalue weighted by Crippen LogP contribution is -2.55. The number of fused-ring (bicyclic) bond motifs is 1. The Balaban J connectivity index is 1.44. The van der Waals surface area contributed by atoms with E-state index >= 15 is 0 Å². The number of methoxy groups -OCH3 is 2. The minimum atomic E-state index is -0.955. The monoisotopic (exact) mass is 499 g/mol. The van der Waals surface area contributed by atoms with Crippen LogP contribution in [0.4, 0.5) is 13.2 Å². The van der Waals surface area contributed by atoms with E-state index in [4.69, 9.17) is 9.47 Å². The Morgan fingerprint density at radius 1 is 1.17 bits per heavy atom. The number of aromatic nitrogens is 1. The Morgan fingerprint density at radius 2 is 2.00 bits per heavy atom. The van der Waals surface area contributed by atoms with Crippen molar-refractivity contribution in [2.45, 2.75) is 18.4 Å². The summed E-state index contributed by atoms with van der Waals surface area (Å²) in [7, 11) is 2.88. The smallest absolute Gasteiger partial charge is 0.327 e. The second-order valence-electron chi connectivity index (χ2n) is 8.77. The molecule has 36 heavy (non-hydrogen) atoms. The Morgan fingerprint density at radius 3 is 2.78 bits per heavy atom. The van der Waals surface area contributed by atoms with Gasteiger partial charge >= 0.3 is 5.97 Å². The fourth-order valence-electron chi connectivity index (χ4n) is 4.60. The van der Waals surface area contributed by atoms with E-state index in [1.807, 2.05) is 4.90 Å². The van der Waals surface area contributed by atoms with E-state index < -0.39 is 29.0 Å². The van der Waals surface area contributed by atoms with Crippen LogP contribution in [0.3, 0.4) is 0 Å². The van der Waals surface area contributed by atoms with Crippen LogP contribution in [0.2, 0.25) is 0 Å². The molecule has 1 unspecified atom stereocenters. The summed E-state index contributed by atoms with van der Waals surface area (Å²) in [6.07, 6.45) is 5.28. The van der Waals surface area contributed by atoms with Crippen LogP contribution in [-0.4, -0.2) is 61.8 Å². The highest BCUT2D eigenvalue weighted by atomic mass is 19.1. The van der Waals surface area contributed by atoms with Crippen molar-refractivity contribution in [1.29, 1.82) is 0 Å². The third-order valence-corrected chi connectivity index (χ3v) is 6.52. The van der Waals surface area contributed by atoms with E-state index in [9.17, 15) is 18.0 Å². The highest BCUT2D eigenvalue weighted by molar-refractivity contribution is 5.84. The number of ether oxygens (including phenoxy) is 2. The molecule has 190 valence electrons. The van der Waals surface area contributed by atoms with E-state index in [1.165, 1.54) is 19.4 Å². The van der Waals surface area contributed by atoms with Crippen molar-refractivity contribution >= 4 is 22.9 Å². The van der Waals surface area contributed by atoms with Gasteiger partial charge in [0.05, 0.1) is 25.9 Å². The maximum Gasteiger partial charge on any atom is 0.327 e. The third kappa shape index (κ3) is 5.52. The van der Waals surface area contributed by atoms with Crippen LogP contribution in [0.1, 0.15) is 17.5 Å². The molecule has 1 aliphatic heterocycles. The summed E-state index contributed by atoms with van der Waals surface area (Å²) in [5.41, 5.74) is 0.350. The molecule has 0 aliphatic carbocycles. The molecule has 1 atom stereocenters. The summed E-state index contributed by atoms with van der Waals surface area (Å²) >= 11 is 0. The maximum absolute atomic E-state index is 14.7. The van der Waals surface area contributed by atoms with Gasteiger partial charge in [-0.25, -0.2) is 13.2 Å². The normalized spacial score (nSPS) is 18.2. The molecule has 0 radical (unpaired) electrons. The molecule has 9 heteroatoms. The Hall–Kier alpha value is -3.43. The van der Waals surface area contributed by atoms with E-state index in [0.717, 1.165) is 18.2 Å². The largest absolute Gasteiger partial charge is 0.497 e. The minimum Gasteiger partial charge on any atom is -0.497 e. The van der Waals surface area contributed by atoms with Crippen LogP contribution in [0.5, 0.6) is 5.75 Å². The molecule has 1 fully saturated rings. The molecule has 0 amide bonds. The predicted octanol–water partition coefficient (Wildman–Crippen LogP) is 4.12. The molecule has 2 heterocycles. The average Bonchev–Trinajstić information content (AvgIpc) is 3.30. The number of rotatable bonds is 9. The second-order valence-corrected chi connectivity index (χ2v) is 8.77. The van der Waals surface area contributed by atoms with E-state index in [2.05, 4.69) is 10.3 Å². The first-order valence-corrected chi connectivity index (χ1v) is 11.6. The topological polar surface area (TPSA) is 63.7 Å². The van der Waals surface area contributed by atoms with Gasteiger partial charge in [-0.15, -0.1) is 0 Å². The zero-order valence-electron chi connectivity index (χ0n) is 20.2. The van der Waals surface area contributed by atoms with Crippen molar-refractivity contribution in [2.24, 2.45) is 0 Å². The van der Waals surface area contributed by atoms with Crippen LogP contribution in [0, 0.1) is 17.5 Å². The van der Waals surface area contributed by atoms with Gasteiger partial charge in [0, 0.05) is 42.7 Å². The second kappa shape index (κ2) is 11.1. The van der Waals surface area contributed by atoms with E-state index in [1.54, 1.807) is 31.4 Å². The summed E-state index contributed by atoms with van der Waals surface area (Å²) in [5, 5.41) is 3.96. The van der Waals surface area contributed by atoms with Crippen LogP contribution in [0.15, 0.2) is 48.7 Å². The summed E-state index contributed by atoms with van der Waals surface area (Å²) in [5.74, 6) is -1.23. The number of carbonyl (C=O) groups is 1. The molecule has 2 aromatic carbocycles. The van der Waals surface area contributed by atoms with Crippen molar-refractivity contribution in [3.05, 3.63) is 77.2 Å². The highest BCUT2D eigenvalue weighted by Gasteiger charge is 2.45. The standard InChI is InChI=1S/C27H28F3N3O3/c1-35-20-6-8-25-22(15-20)21(24(30)16-31-25)9-11-32-27(26(34)36-2)10-13-33(17-27)12-3-4-18-14-19(28)5-7-23(18)29/h3-8,14-16,32H,9-13,17H2,1-2H3. The first kappa shape index (κ1) is 25.7. The molecular weight excluding hydrogens is 471 g/mol. The average molecular weight is 500 g/mol. The third-order valence-electron chi connectivity index (χ3n) is 6.52. The van der Waals surface area contributed by atoms with Gasteiger partial charge in [-0.05, 0) is 49.2 Å². The number of hydrogen-bond donors (Lipinski definition) is 1. The zero-order valence-corrected chi connectivity index (χ0v) is 20.2. The van der Waals surface area contributed by atoms with Gasteiger partial charge in [-0.2, -0.15) is 0 Å². The molecule has 0 saturated carbocycles. The van der Waals surface area contributed by atoms with E-state index in [-0.39, 0.29) is 5.56 Å². The fourth-order valence-corrected chi connectivity index (χ4v) is 4.60. The summed E-state index contributed by atoms with van der Waals surface area (Å²) < 4.78 is 52.3. The lowest BCUT2D eigenvalue weighted by atomic mass is 9.97. The van der Waals surface area contributed by atoms with Crippen molar-refractivity contribution in [3.63, 3.8) is 0 Å². The molecule has 0 bridgehead atoms. The van der Waals surface area contributed by atoms with Gasteiger partial charge in [0.2, 0.25) is 0 Å². The molecule has 1 saturated heterocycles. The van der Waals surface area contributed by atoms with Gasteiger partial charge in [0.1, 0.15) is 28.7 Å². The predicted molar refractivity (Wildman–Crippen MR) is 131 cm³/mol. The number of nitrogens with one attached hydrogen (secondary N) is 1. The van der Waals surface area contributed by atoms with Crippen molar-refractivity contribution in [3.8, 4) is 5.75 Å². The number of hydrogen-bond acceptors (Lipinski definition) is 6. The molecule has 3 aromatic rings. The van der Waals surface area contributed by atoms with Gasteiger partial charge in [0.25, 0.3) is 0 Å². The molecule has 1 aromatic heterocycles. The Kier molecular flexibility index (Phi) is 7.91. The quantitative estimate of drug-likeness (QED) is 0.447. The van der Waals surface area contributed by atoms with Crippen molar-refractivity contribution in [1.82, 2.24) is 15.2 Å². The summed E-state index contributed by atoms with van der Waals surface area (Å²) in [6, 6.07) is 8.59. The lowest BCUT2D eigenvalue weighted by Gasteiger charge is -2.28. The number of carbonyl (C=O) groups excluding carboxylic acids is 1. The highest BCUT2D eigenvalue weighted by Crippen LogP contribution is 2.26. The van der Waals surface area contributed by atoms with Gasteiger partial charge in [-0.3, -0.25) is 14.7 Å². The van der Waals surface area contributed by atoms with Crippen LogP contribution in [0.25, 0.3) is 17.0 Å². The van der Waals surface area contributed by atoms with Gasteiger partial charge in [-0.1, -0.05) is 12.2 Å². The van der Waals surface area contributed by atoms with E-state index in [0.29, 0.717) is 61.2 Å². The van der Waals surface area contributed by atoms with Crippen LogP contribution in [-0.2, 0) is 16.0 Å². The van der Waals surface area contributed by atoms with Crippen molar-refractivity contribution in [2.75, 3.05) is 40.4 Å². The van der Waals surface area contributed by atoms with Crippen LogP contribution < -0.4 is 10.1 Å². The summed E-state index contributed by atoms with van der Waals surface area (Å²) in [4.78, 5) is 18.9. The molecule has 6 nitrogen and oxygen atoms in total. The van der Waals surface area contributed by atoms with Crippen molar-refractivity contribution < 1.29 is 27.4 Å². The minimum absolute atomic E-state index is 0.162. The number of pyridine rings is 1. The number of nitrogens with zero attached hydrogens (tertiary/aromatic N) is 2. The summed E-state index contributed by atoms with van der Waals surface area (Å²) in [6.45, 7) is 1.74. The molecule has 0 spiro atoms. The SMILES string of the molecule is COC(=O)C1(NCCc2c(F)cnc3ccc(OC)cc23)CCN(CC=Cc2cc(F)ccc2F)C1. The first-order chi connectivity index (χ1) is 17.3. The molecule has 4 rings (SSSR count). The number of benzene rings is 2. The Labute approximate surface area is 207 Å². The maximum atomic E-state index is 14.7. The van der Waals surface area contributed by atoms with Gasteiger partial charge < -0.3 is 14.8 Å². The molecule has 1 N–H and O–H groups in total. The Bertz CT molecular complexity index is 1280. The fraction of sp³-hybridized carbons (Fsp3) is 0.333. The molecule has 1 aliphatic rings. The number of esters is 1. The number of halogens is 3. The van der Waals surface area contributed by atoms with Crippen LogP contribution >= 0.6 is 0 Å². The van der Waals surface area contributed by atoms with Gasteiger partial charge in [0.15, 0.2) is 0 Å². The number of likely N-dealkylation sites (tertiary alicyclic amines) is 1. The first-order valence-electron chi connectivity index (χ1n) is 11.6.